The topological polar surface area (TPSA) is 65.0 Å². The normalized spacial score (nSPS) is 19.0. The molecule has 0 aliphatic carbocycles. The van der Waals surface area contributed by atoms with Gasteiger partial charge in [0.05, 0.1) is 11.7 Å². The Morgan fingerprint density at radius 1 is 0.972 bits per heavy atom. The fourth-order valence-corrected chi connectivity index (χ4v) is 5.17. The molecule has 2 N–H and O–H groups in total. The number of nitrogens with one attached hydrogen (secondary N) is 1. The van der Waals surface area contributed by atoms with Gasteiger partial charge in [0.2, 0.25) is 0 Å². The molecule has 2 heterocycles. The number of para-hydroxylation sites is 1. The van der Waals surface area contributed by atoms with Gasteiger partial charge < -0.3 is 20.1 Å². The van der Waals surface area contributed by atoms with Crippen LogP contribution in [0.5, 0.6) is 11.5 Å². The van der Waals surface area contributed by atoms with Crippen molar-refractivity contribution in [3.63, 3.8) is 0 Å². The third-order valence-electron chi connectivity index (χ3n) is 6.72. The molecule has 5 rings (SSSR count). The maximum absolute atomic E-state index is 13.3. The van der Waals surface area contributed by atoms with Crippen LogP contribution in [0.25, 0.3) is 0 Å². The lowest BCUT2D eigenvalue weighted by Gasteiger charge is -2.45. The number of nitrogens with zero attached hydrogens (tertiary/aromatic N) is 2. The Labute approximate surface area is 206 Å². The molecule has 36 heavy (non-hydrogen) atoms. The Balaban J connectivity index is 1.32. The number of aromatic hydroxyl groups is 1. The third kappa shape index (κ3) is 5.11. The summed E-state index contributed by atoms with van der Waals surface area (Å²) in [4.78, 5) is 17.3. The number of urea groups is 1. The quantitative estimate of drug-likeness (QED) is 0.432. The minimum absolute atomic E-state index is 0.0352. The number of halogens is 3. The van der Waals surface area contributed by atoms with Crippen molar-refractivity contribution in [2.45, 2.75) is 37.8 Å². The predicted molar refractivity (Wildman–Crippen MR) is 129 cm³/mol. The smallest absolute Gasteiger partial charge is 0.506 e. The molecule has 9 heteroatoms. The first-order chi connectivity index (χ1) is 17.3. The first-order valence-electron chi connectivity index (χ1n) is 11.8. The van der Waals surface area contributed by atoms with E-state index in [1.807, 2.05) is 41.3 Å². The summed E-state index contributed by atoms with van der Waals surface area (Å²) in [6, 6.07) is 20.4. The summed E-state index contributed by atoms with van der Waals surface area (Å²) in [5, 5.41) is 13.2. The average Bonchev–Trinajstić information content (AvgIpc) is 2.84. The van der Waals surface area contributed by atoms with Crippen molar-refractivity contribution in [1.82, 2.24) is 9.80 Å². The lowest BCUT2D eigenvalue weighted by atomic mass is 9.90. The number of hydrogen-bond donors (Lipinski definition) is 2. The number of phenols is 1. The number of ether oxygens (including phenoxy) is 1. The van der Waals surface area contributed by atoms with Gasteiger partial charge in [0, 0.05) is 31.2 Å². The summed E-state index contributed by atoms with van der Waals surface area (Å²) >= 11 is 0. The fraction of sp³-hybridized carbons (Fsp3) is 0.296. The number of carbonyl (C=O) groups excluding carboxylic acids is 1. The van der Waals surface area contributed by atoms with E-state index in [0.717, 1.165) is 16.7 Å². The Bertz CT molecular complexity index is 1230. The molecule has 0 radical (unpaired) electrons. The number of anilines is 1. The molecule has 6 nitrogen and oxygen atoms in total. The van der Waals surface area contributed by atoms with E-state index in [0.29, 0.717) is 38.2 Å². The van der Waals surface area contributed by atoms with E-state index in [2.05, 4.69) is 15.0 Å². The number of hydrogen-bond acceptors (Lipinski definition) is 4. The molecule has 0 aromatic heterocycles. The molecule has 1 atom stereocenters. The maximum atomic E-state index is 13.3. The van der Waals surface area contributed by atoms with Crippen LogP contribution in [0.4, 0.5) is 23.7 Å². The van der Waals surface area contributed by atoms with Gasteiger partial charge in [0.25, 0.3) is 0 Å². The molecule has 1 unspecified atom stereocenters. The highest BCUT2D eigenvalue weighted by atomic mass is 19.4. The molecule has 188 valence electrons. The molecule has 0 saturated carbocycles. The van der Waals surface area contributed by atoms with Gasteiger partial charge in [-0.25, -0.2) is 4.79 Å². The van der Waals surface area contributed by atoms with Crippen molar-refractivity contribution in [3.05, 3.63) is 89.5 Å². The van der Waals surface area contributed by atoms with Crippen LogP contribution in [0, 0.1) is 0 Å². The van der Waals surface area contributed by atoms with Crippen LogP contribution in [0.1, 0.15) is 35.6 Å². The summed E-state index contributed by atoms with van der Waals surface area (Å²) in [6.07, 6.45) is -3.30. The fourth-order valence-electron chi connectivity index (χ4n) is 5.17. The minimum Gasteiger partial charge on any atom is -0.506 e. The molecule has 3 aromatic rings. The zero-order chi connectivity index (χ0) is 25.3. The van der Waals surface area contributed by atoms with Gasteiger partial charge in [-0.1, -0.05) is 54.6 Å². The van der Waals surface area contributed by atoms with Crippen LogP contribution in [0.15, 0.2) is 72.8 Å². The Morgan fingerprint density at radius 3 is 2.42 bits per heavy atom. The van der Waals surface area contributed by atoms with Gasteiger partial charge >= 0.3 is 12.4 Å². The van der Waals surface area contributed by atoms with E-state index >= 15 is 0 Å². The van der Waals surface area contributed by atoms with E-state index in [4.69, 9.17) is 0 Å². The van der Waals surface area contributed by atoms with Crippen molar-refractivity contribution in [2.75, 3.05) is 18.4 Å². The average molecular weight is 498 g/mol. The SMILES string of the molecule is O=C1Nc2c(O)cccc2C(c2ccccc2)N1C1CCN(Cc2cccc(OC(F)(F)F)c2)CC1. The minimum atomic E-state index is -4.73. The van der Waals surface area contributed by atoms with Crippen LogP contribution < -0.4 is 10.1 Å². The van der Waals surface area contributed by atoms with Crippen LogP contribution in [-0.2, 0) is 6.54 Å². The molecule has 0 spiro atoms. The number of amides is 2. The number of fused-ring (bicyclic) bond motifs is 1. The van der Waals surface area contributed by atoms with Gasteiger partial charge in [0.1, 0.15) is 11.5 Å². The second-order valence-electron chi connectivity index (χ2n) is 9.09. The number of carbonyl (C=O) groups is 1. The largest absolute Gasteiger partial charge is 0.573 e. The summed E-state index contributed by atoms with van der Waals surface area (Å²) < 4.78 is 41.7. The summed E-state index contributed by atoms with van der Waals surface area (Å²) in [5.41, 5.74) is 2.97. The standard InChI is InChI=1S/C27H26F3N3O3/c28-27(29,30)36-21-9-4-6-18(16-21)17-32-14-12-20(13-15-32)33-25(19-7-2-1-3-8-19)22-10-5-11-23(34)24(22)31-26(33)35/h1-11,16,20,25,34H,12-15,17H2,(H,31,35). The molecule has 3 aromatic carbocycles. The Hall–Kier alpha value is -3.72. The van der Waals surface area contributed by atoms with E-state index < -0.39 is 6.36 Å². The molecular formula is C27H26F3N3O3. The Kier molecular flexibility index (Phi) is 6.49. The number of piperidine rings is 1. The second kappa shape index (κ2) is 9.73. The van der Waals surface area contributed by atoms with E-state index in [1.165, 1.54) is 12.1 Å². The molecule has 2 aliphatic heterocycles. The summed E-state index contributed by atoms with van der Waals surface area (Å²) in [7, 11) is 0. The van der Waals surface area contributed by atoms with Gasteiger partial charge in [0.15, 0.2) is 0 Å². The van der Waals surface area contributed by atoms with E-state index in [1.54, 1.807) is 24.3 Å². The zero-order valence-corrected chi connectivity index (χ0v) is 19.4. The lowest BCUT2D eigenvalue weighted by Crippen LogP contribution is -2.52. The molecule has 2 amide bonds. The zero-order valence-electron chi connectivity index (χ0n) is 19.4. The number of benzene rings is 3. The summed E-state index contributed by atoms with van der Waals surface area (Å²) in [6.45, 7) is 1.87. The second-order valence-corrected chi connectivity index (χ2v) is 9.09. The molecular weight excluding hydrogens is 471 g/mol. The van der Waals surface area contributed by atoms with Gasteiger partial charge in [-0.15, -0.1) is 13.2 Å². The van der Waals surface area contributed by atoms with Gasteiger partial charge in [-0.3, -0.25) is 4.90 Å². The molecule has 0 bridgehead atoms. The predicted octanol–water partition coefficient (Wildman–Crippen LogP) is 5.89. The first kappa shape index (κ1) is 24.0. The van der Waals surface area contributed by atoms with Crippen molar-refractivity contribution < 1.29 is 27.8 Å². The van der Waals surface area contributed by atoms with Crippen molar-refractivity contribution >= 4 is 11.7 Å². The molecule has 2 aliphatic rings. The molecule has 1 fully saturated rings. The number of likely N-dealkylation sites (tertiary alicyclic amines) is 1. The number of phenolic OH excluding ortho intramolecular Hbond substituents is 1. The highest BCUT2D eigenvalue weighted by molar-refractivity contribution is 5.95. The molecule has 1 saturated heterocycles. The Morgan fingerprint density at radius 2 is 1.69 bits per heavy atom. The van der Waals surface area contributed by atoms with E-state index in [-0.39, 0.29) is 29.6 Å². The maximum Gasteiger partial charge on any atom is 0.573 e. The number of alkyl halides is 3. The lowest BCUT2D eigenvalue weighted by molar-refractivity contribution is -0.274. The first-order valence-corrected chi connectivity index (χ1v) is 11.8. The third-order valence-corrected chi connectivity index (χ3v) is 6.72. The van der Waals surface area contributed by atoms with Crippen molar-refractivity contribution in [3.8, 4) is 11.5 Å². The van der Waals surface area contributed by atoms with E-state index in [9.17, 15) is 23.1 Å². The van der Waals surface area contributed by atoms with Gasteiger partial charge in [-0.2, -0.15) is 0 Å². The number of rotatable bonds is 5. The highest BCUT2D eigenvalue weighted by Crippen LogP contribution is 2.43. The highest BCUT2D eigenvalue weighted by Gasteiger charge is 2.40. The van der Waals surface area contributed by atoms with Crippen LogP contribution in [-0.4, -0.2) is 46.4 Å². The van der Waals surface area contributed by atoms with Crippen LogP contribution in [0.2, 0.25) is 0 Å². The monoisotopic (exact) mass is 497 g/mol. The van der Waals surface area contributed by atoms with Crippen LogP contribution >= 0.6 is 0 Å². The van der Waals surface area contributed by atoms with Crippen molar-refractivity contribution in [1.29, 1.82) is 0 Å². The summed E-state index contributed by atoms with van der Waals surface area (Å²) in [5.74, 6) is -0.194. The van der Waals surface area contributed by atoms with Gasteiger partial charge in [-0.05, 0) is 42.2 Å². The van der Waals surface area contributed by atoms with Crippen molar-refractivity contribution in [2.24, 2.45) is 0 Å². The van der Waals surface area contributed by atoms with Crippen LogP contribution in [0.3, 0.4) is 0 Å².